The van der Waals surface area contributed by atoms with Crippen LogP contribution in [0.4, 0.5) is 0 Å². The van der Waals surface area contributed by atoms with Crippen LogP contribution in [0.1, 0.15) is 45.4 Å². The first kappa shape index (κ1) is 8.51. The Bertz CT molecular complexity index is 168. The molecule has 0 heterocycles. The number of carbonyl (C=O) groups is 1. The Morgan fingerprint density at radius 1 is 1.18 bits per heavy atom. The average molecular weight is 152 g/mol. The van der Waals surface area contributed by atoms with Gasteiger partial charge in [-0.25, -0.2) is 0 Å². The molecule has 0 N–H and O–H groups in total. The smallest absolute Gasteiger partial charge is 0.133 e. The SMILES string of the molecule is C/C1=C/CCC(=O)CCCC1. The standard InChI is InChI=1S/C10H16O/c1-9-5-2-3-7-10(11)8-4-6-9/h6H,2-5,7-8H2,1H3/b9-6-. The van der Waals surface area contributed by atoms with Crippen LogP contribution >= 0.6 is 0 Å². The number of carbonyl (C=O) groups excluding carboxylic acids is 1. The minimum absolute atomic E-state index is 0.441. The number of hydrogen-bond acceptors (Lipinski definition) is 1. The van der Waals surface area contributed by atoms with E-state index in [0.717, 1.165) is 25.7 Å². The lowest BCUT2D eigenvalue weighted by Crippen LogP contribution is -1.95. The third-order valence-corrected chi connectivity index (χ3v) is 2.19. The Morgan fingerprint density at radius 3 is 2.73 bits per heavy atom. The third kappa shape index (κ3) is 3.35. The van der Waals surface area contributed by atoms with Crippen LogP contribution in [0.2, 0.25) is 0 Å². The number of rotatable bonds is 0. The maximum atomic E-state index is 11.1. The summed E-state index contributed by atoms with van der Waals surface area (Å²) in [6.45, 7) is 2.16. The first-order valence-corrected chi connectivity index (χ1v) is 4.46. The maximum Gasteiger partial charge on any atom is 0.133 e. The van der Waals surface area contributed by atoms with Gasteiger partial charge in [0.25, 0.3) is 0 Å². The molecule has 11 heavy (non-hydrogen) atoms. The Balaban J connectivity index is 2.43. The van der Waals surface area contributed by atoms with Crippen molar-refractivity contribution in [2.45, 2.75) is 45.4 Å². The zero-order valence-electron chi connectivity index (χ0n) is 7.23. The lowest BCUT2D eigenvalue weighted by Gasteiger charge is -1.96. The van der Waals surface area contributed by atoms with Crippen molar-refractivity contribution in [3.63, 3.8) is 0 Å². The summed E-state index contributed by atoms with van der Waals surface area (Å²) in [6, 6.07) is 0. The van der Waals surface area contributed by atoms with Gasteiger partial charge in [-0.2, -0.15) is 0 Å². The summed E-state index contributed by atoms with van der Waals surface area (Å²) in [5, 5.41) is 0. The molecule has 0 radical (unpaired) electrons. The van der Waals surface area contributed by atoms with Gasteiger partial charge in [0.2, 0.25) is 0 Å². The molecule has 0 spiro atoms. The van der Waals surface area contributed by atoms with Crippen molar-refractivity contribution in [3.8, 4) is 0 Å². The van der Waals surface area contributed by atoms with Gasteiger partial charge in [-0.1, -0.05) is 11.6 Å². The van der Waals surface area contributed by atoms with Crippen LogP contribution < -0.4 is 0 Å². The molecular weight excluding hydrogens is 136 g/mol. The molecule has 0 saturated heterocycles. The minimum Gasteiger partial charge on any atom is -0.300 e. The van der Waals surface area contributed by atoms with E-state index in [2.05, 4.69) is 13.0 Å². The largest absolute Gasteiger partial charge is 0.300 e. The third-order valence-electron chi connectivity index (χ3n) is 2.19. The molecule has 0 amide bonds. The number of hydrogen-bond donors (Lipinski definition) is 0. The van der Waals surface area contributed by atoms with Gasteiger partial charge >= 0.3 is 0 Å². The highest BCUT2D eigenvalue weighted by molar-refractivity contribution is 5.78. The molecule has 1 nitrogen and oxygen atoms in total. The fraction of sp³-hybridized carbons (Fsp3) is 0.700. The molecule has 0 unspecified atom stereocenters. The Kier molecular flexibility index (Phi) is 3.34. The van der Waals surface area contributed by atoms with Gasteiger partial charge in [0.1, 0.15) is 5.78 Å². The first-order valence-electron chi connectivity index (χ1n) is 4.46. The molecule has 0 bridgehead atoms. The summed E-state index contributed by atoms with van der Waals surface area (Å²) in [5.41, 5.74) is 1.46. The second-order valence-electron chi connectivity index (χ2n) is 3.33. The summed E-state index contributed by atoms with van der Waals surface area (Å²) in [5.74, 6) is 0.441. The molecule has 0 aliphatic heterocycles. The zero-order chi connectivity index (χ0) is 8.10. The highest BCUT2D eigenvalue weighted by atomic mass is 16.1. The molecule has 62 valence electrons. The van der Waals surface area contributed by atoms with E-state index in [9.17, 15) is 4.79 Å². The second kappa shape index (κ2) is 4.32. The van der Waals surface area contributed by atoms with Crippen LogP contribution in [0.3, 0.4) is 0 Å². The molecule has 0 aromatic rings. The fourth-order valence-corrected chi connectivity index (χ4v) is 1.43. The Hall–Kier alpha value is -0.590. The molecule has 1 rings (SSSR count). The lowest BCUT2D eigenvalue weighted by molar-refractivity contribution is -0.119. The molecule has 1 aliphatic carbocycles. The van der Waals surface area contributed by atoms with Crippen LogP contribution in [-0.2, 0) is 4.79 Å². The van der Waals surface area contributed by atoms with Crippen molar-refractivity contribution in [1.29, 1.82) is 0 Å². The average Bonchev–Trinajstić information content (AvgIpc) is 2.04. The zero-order valence-corrected chi connectivity index (χ0v) is 7.23. The van der Waals surface area contributed by atoms with Gasteiger partial charge in [-0.15, -0.1) is 0 Å². The van der Waals surface area contributed by atoms with Crippen molar-refractivity contribution >= 4 is 5.78 Å². The first-order chi connectivity index (χ1) is 5.29. The predicted molar refractivity (Wildman–Crippen MR) is 46.5 cm³/mol. The van der Waals surface area contributed by atoms with Gasteiger partial charge in [0.05, 0.1) is 0 Å². The van der Waals surface area contributed by atoms with Crippen LogP contribution in [0.15, 0.2) is 11.6 Å². The van der Waals surface area contributed by atoms with Crippen LogP contribution in [0.25, 0.3) is 0 Å². The molecule has 0 atom stereocenters. The molecule has 0 saturated carbocycles. The monoisotopic (exact) mass is 152 g/mol. The lowest BCUT2D eigenvalue weighted by atomic mass is 10.1. The summed E-state index contributed by atoms with van der Waals surface area (Å²) in [6.07, 6.45) is 8.21. The summed E-state index contributed by atoms with van der Waals surface area (Å²) < 4.78 is 0. The van der Waals surface area contributed by atoms with E-state index in [0.29, 0.717) is 5.78 Å². The molecule has 1 heteroatoms. The number of ketones is 1. The highest BCUT2D eigenvalue weighted by Gasteiger charge is 2.03. The van der Waals surface area contributed by atoms with Crippen molar-refractivity contribution < 1.29 is 4.79 Å². The van der Waals surface area contributed by atoms with Gasteiger partial charge < -0.3 is 0 Å². The summed E-state index contributed by atoms with van der Waals surface area (Å²) >= 11 is 0. The van der Waals surface area contributed by atoms with Gasteiger partial charge in [-0.3, -0.25) is 4.79 Å². The Labute approximate surface area is 68.5 Å². The van der Waals surface area contributed by atoms with E-state index in [-0.39, 0.29) is 0 Å². The normalized spacial score (nSPS) is 26.3. The molecule has 0 aromatic heterocycles. The minimum atomic E-state index is 0.441. The van der Waals surface area contributed by atoms with Crippen molar-refractivity contribution in [2.75, 3.05) is 0 Å². The van der Waals surface area contributed by atoms with Crippen molar-refractivity contribution in [3.05, 3.63) is 11.6 Å². The predicted octanol–water partition coefficient (Wildman–Crippen LogP) is 2.86. The van der Waals surface area contributed by atoms with Gasteiger partial charge in [0, 0.05) is 12.8 Å². The summed E-state index contributed by atoms with van der Waals surface area (Å²) in [7, 11) is 0. The number of allylic oxidation sites excluding steroid dienone is 2. The van der Waals surface area contributed by atoms with E-state index in [1.54, 1.807) is 0 Å². The van der Waals surface area contributed by atoms with Crippen molar-refractivity contribution in [1.82, 2.24) is 0 Å². The Morgan fingerprint density at radius 2 is 1.91 bits per heavy atom. The second-order valence-corrected chi connectivity index (χ2v) is 3.33. The van der Waals surface area contributed by atoms with Crippen LogP contribution in [0, 0.1) is 0 Å². The summed E-state index contributed by atoms with van der Waals surface area (Å²) in [4.78, 5) is 11.1. The molecule has 1 aliphatic rings. The van der Waals surface area contributed by atoms with Crippen molar-refractivity contribution in [2.24, 2.45) is 0 Å². The van der Waals surface area contributed by atoms with E-state index >= 15 is 0 Å². The molecule has 0 aromatic carbocycles. The van der Waals surface area contributed by atoms with Gasteiger partial charge in [-0.05, 0) is 32.6 Å². The van der Waals surface area contributed by atoms with E-state index in [1.165, 1.54) is 18.4 Å². The van der Waals surface area contributed by atoms with Crippen LogP contribution in [0.5, 0.6) is 0 Å². The van der Waals surface area contributed by atoms with E-state index in [4.69, 9.17) is 0 Å². The fourth-order valence-electron chi connectivity index (χ4n) is 1.43. The quantitative estimate of drug-likeness (QED) is 0.488. The highest BCUT2D eigenvalue weighted by Crippen LogP contribution is 2.14. The number of Topliss-reactive ketones (excluding diaryl/α,β-unsaturated/α-hetero) is 1. The van der Waals surface area contributed by atoms with Gasteiger partial charge in [0.15, 0.2) is 0 Å². The molecule has 0 fully saturated rings. The maximum absolute atomic E-state index is 11.1. The van der Waals surface area contributed by atoms with Crippen LogP contribution in [-0.4, -0.2) is 5.78 Å². The topological polar surface area (TPSA) is 17.1 Å². The van der Waals surface area contributed by atoms with E-state index in [1.807, 2.05) is 0 Å². The molecular formula is C10H16O. The van der Waals surface area contributed by atoms with E-state index < -0.39 is 0 Å².